The van der Waals surface area contributed by atoms with Gasteiger partial charge in [-0.25, -0.2) is 9.97 Å². The quantitative estimate of drug-likeness (QED) is 0.718. The van der Waals surface area contributed by atoms with E-state index in [0.717, 1.165) is 11.3 Å². The molecule has 2 aromatic heterocycles. The van der Waals surface area contributed by atoms with Crippen LogP contribution in [0.1, 0.15) is 21.6 Å². The van der Waals surface area contributed by atoms with E-state index in [1.165, 1.54) is 12.5 Å². The van der Waals surface area contributed by atoms with E-state index in [1.54, 1.807) is 17.2 Å². The van der Waals surface area contributed by atoms with E-state index in [-0.39, 0.29) is 5.91 Å². The highest BCUT2D eigenvalue weighted by molar-refractivity contribution is 5.93. The Kier molecular flexibility index (Phi) is 5.41. The number of nitrogens with one attached hydrogen (secondary N) is 1. The first-order chi connectivity index (χ1) is 12.2. The summed E-state index contributed by atoms with van der Waals surface area (Å²) < 4.78 is 5.04. The number of amides is 1. The number of furan rings is 1. The molecular formula is C19H20N4O2. The van der Waals surface area contributed by atoms with Gasteiger partial charge < -0.3 is 14.6 Å². The van der Waals surface area contributed by atoms with E-state index < -0.39 is 0 Å². The predicted molar refractivity (Wildman–Crippen MR) is 95.1 cm³/mol. The van der Waals surface area contributed by atoms with Gasteiger partial charge in [0.15, 0.2) is 0 Å². The van der Waals surface area contributed by atoms with Crippen molar-refractivity contribution in [3.05, 3.63) is 78.0 Å². The second-order valence-corrected chi connectivity index (χ2v) is 5.67. The Hall–Kier alpha value is -3.15. The summed E-state index contributed by atoms with van der Waals surface area (Å²) in [6, 6.07) is 13.4. The van der Waals surface area contributed by atoms with Crippen molar-refractivity contribution in [2.75, 3.05) is 18.4 Å². The first-order valence-electron chi connectivity index (χ1n) is 8.11. The fourth-order valence-electron chi connectivity index (χ4n) is 2.46. The molecule has 0 bridgehead atoms. The van der Waals surface area contributed by atoms with Crippen LogP contribution in [0.15, 0.2) is 65.6 Å². The maximum Gasteiger partial charge on any atom is 0.257 e. The molecule has 3 aromatic rings. The van der Waals surface area contributed by atoms with Gasteiger partial charge in [-0.2, -0.15) is 0 Å². The van der Waals surface area contributed by atoms with Gasteiger partial charge in [-0.3, -0.25) is 4.79 Å². The molecule has 1 amide bonds. The fourth-order valence-corrected chi connectivity index (χ4v) is 2.46. The molecule has 128 valence electrons. The van der Waals surface area contributed by atoms with Gasteiger partial charge in [-0.15, -0.1) is 0 Å². The average Bonchev–Trinajstić information content (AvgIpc) is 3.16. The molecule has 0 atom stereocenters. The Morgan fingerprint density at radius 2 is 2.04 bits per heavy atom. The number of aryl methyl sites for hydroxylation is 1. The minimum absolute atomic E-state index is 0.0652. The Morgan fingerprint density at radius 1 is 1.20 bits per heavy atom. The van der Waals surface area contributed by atoms with E-state index in [1.807, 2.05) is 43.3 Å². The number of aromatic nitrogens is 2. The minimum atomic E-state index is -0.0652. The maximum atomic E-state index is 12.7. The lowest BCUT2D eigenvalue weighted by Crippen LogP contribution is -2.34. The zero-order valence-corrected chi connectivity index (χ0v) is 14.1. The molecule has 0 aliphatic rings. The summed E-state index contributed by atoms with van der Waals surface area (Å²) in [5.74, 6) is 0.500. The molecule has 0 unspecified atom stereocenters. The van der Waals surface area contributed by atoms with E-state index >= 15 is 0 Å². The van der Waals surface area contributed by atoms with Crippen LogP contribution in [0, 0.1) is 6.92 Å². The third-order valence-corrected chi connectivity index (χ3v) is 3.73. The van der Waals surface area contributed by atoms with E-state index in [9.17, 15) is 4.79 Å². The highest BCUT2D eigenvalue weighted by atomic mass is 16.3. The molecule has 1 aromatic carbocycles. The molecule has 0 radical (unpaired) electrons. The van der Waals surface area contributed by atoms with Crippen LogP contribution in [0.5, 0.6) is 0 Å². The van der Waals surface area contributed by atoms with Crippen molar-refractivity contribution in [2.45, 2.75) is 13.5 Å². The Morgan fingerprint density at radius 3 is 2.76 bits per heavy atom. The predicted octanol–water partition coefficient (Wildman–Crippen LogP) is 3.13. The fraction of sp³-hybridized carbons (Fsp3) is 0.211. The summed E-state index contributed by atoms with van der Waals surface area (Å²) in [5, 5.41) is 3.16. The molecular weight excluding hydrogens is 316 g/mol. The highest BCUT2D eigenvalue weighted by Crippen LogP contribution is 2.11. The third-order valence-electron chi connectivity index (χ3n) is 3.73. The van der Waals surface area contributed by atoms with Crippen molar-refractivity contribution in [1.29, 1.82) is 0 Å². The van der Waals surface area contributed by atoms with Crippen LogP contribution >= 0.6 is 0 Å². The van der Waals surface area contributed by atoms with Crippen molar-refractivity contribution < 1.29 is 9.21 Å². The maximum absolute atomic E-state index is 12.7. The lowest BCUT2D eigenvalue weighted by molar-refractivity contribution is 0.0749. The molecule has 2 heterocycles. The summed E-state index contributed by atoms with van der Waals surface area (Å²) >= 11 is 0. The molecule has 6 nitrogen and oxygen atoms in total. The lowest BCUT2D eigenvalue weighted by atomic mass is 10.2. The number of rotatable bonds is 7. The van der Waals surface area contributed by atoms with E-state index in [0.29, 0.717) is 31.1 Å². The number of nitrogens with zero attached hydrogens (tertiary/aromatic N) is 3. The molecule has 0 aliphatic heterocycles. The van der Waals surface area contributed by atoms with Gasteiger partial charge in [0.1, 0.15) is 6.26 Å². The van der Waals surface area contributed by atoms with Gasteiger partial charge in [0.25, 0.3) is 5.91 Å². The summed E-state index contributed by atoms with van der Waals surface area (Å²) in [6.45, 7) is 3.52. The largest absolute Gasteiger partial charge is 0.472 e. The van der Waals surface area contributed by atoms with Gasteiger partial charge in [0.2, 0.25) is 5.95 Å². The second-order valence-electron chi connectivity index (χ2n) is 5.67. The summed E-state index contributed by atoms with van der Waals surface area (Å²) in [6.07, 6.45) is 4.69. The van der Waals surface area contributed by atoms with Crippen LogP contribution < -0.4 is 5.32 Å². The molecule has 0 saturated carbocycles. The Balaban J connectivity index is 1.66. The zero-order valence-electron chi connectivity index (χ0n) is 14.1. The normalized spacial score (nSPS) is 10.4. The van der Waals surface area contributed by atoms with Crippen LogP contribution in [0.3, 0.4) is 0 Å². The van der Waals surface area contributed by atoms with E-state index in [4.69, 9.17) is 4.42 Å². The molecule has 0 saturated heterocycles. The first-order valence-corrected chi connectivity index (χ1v) is 8.11. The molecule has 6 heteroatoms. The molecule has 25 heavy (non-hydrogen) atoms. The van der Waals surface area contributed by atoms with Gasteiger partial charge >= 0.3 is 0 Å². The first kappa shape index (κ1) is 16.7. The average molecular weight is 336 g/mol. The minimum Gasteiger partial charge on any atom is -0.472 e. The summed E-state index contributed by atoms with van der Waals surface area (Å²) in [5.41, 5.74) is 2.52. The molecule has 0 fully saturated rings. The van der Waals surface area contributed by atoms with Crippen molar-refractivity contribution in [3.8, 4) is 0 Å². The van der Waals surface area contributed by atoms with Gasteiger partial charge in [0, 0.05) is 31.5 Å². The molecule has 0 aliphatic carbocycles. The molecule has 1 N–H and O–H groups in total. The topological polar surface area (TPSA) is 71.3 Å². The van der Waals surface area contributed by atoms with Crippen LogP contribution in [-0.2, 0) is 6.54 Å². The molecule has 3 rings (SSSR count). The van der Waals surface area contributed by atoms with E-state index in [2.05, 4.69) is 15.3 Å². The lowest BCUT2D eigenvalue weighted by Gasteiger charge is -2.22. The monoisotopic (exact) mass is 336 g/mol. The van der Waals surface area contributed by atoms with Gasteiger partial charge in [-0.05, 0) is 24.6 Å². The smallest absolute Gasteiger partial charge is 0.257 e. The number of carbonyl (C=O) groups excluding carboxylic acids is 1. The summed E-state index contributed by atoms with van der Waals surface area (Å²) in [7, 11) is 0. The van der Waals surface area contributed by atoms with Crippen molar-refractivity contribution >= 4 is 11.9 Å². The summed E-state index contributed by atoms with van der Waals surface area (Å²) in [4.78, 5) is 23.0. The SMILES string of the molecule is Cc1ccnc(NCCN(Cc2ccccc2)C(=O)c2ccoc2)n1. The zero-order chi connectivity index (χ0) is 17.5. The van der Waals surface area contributed by atoms with Crippen LogP contribution in [0.4, 0.5) is 5.95 Å². The van der Waals surface area contributed by atoms with Crippen molar-refractivity contribution in [1.82, 2.24) is 14.9 Å². The second kappa shape index (κ2) is 8.10. The Labute approximate surface area is 146 Å². The van der Waals surface area contributed by atoms with Crippen LogP contribution in [0.2, 0.25) is 0 Å². The number of carbonyl (C=O) groups is 1. The van der Waals surface area contributed by atoms with Crippen LogP contribution in [-0.4, -0.2) is 33.9 Å². The van der Waals surface area contributed by atoms with Gasteiger partial charge in [-0.1, -0.05) is 30.3 Å². The number of hydrogen-bond acceptors (Lipinski definition) is 5. The van der Waals surface area contributed by atoms with Crippen molar-refractivity contribution in [2.24, 2.45) is 0 Å². The Bertz CT molecular complexity index is 803. The van der Waals surface area contributed by atoms with Crippen molar-refractivity contribution in [3.63, 3.8) is 0 Å². The highest BCUT2D eigenvalue weighted by Gasteiger charge is 2.17. The number of anilines is 1. The standard InChI is InChI=1S/C19H20N4O2/c1-15-7-9-20-19(22-15)21-10-11-23(13-16-5-3-2-4-6-16)18(24)17-8-12-25-14-17/h2-9,12,14H,10-11,13H2,1H3,(H,20,21,22). The van der Waals surface area contributed by atoms with Gasteiger partial charge in [0.05, 0.1) is 11.8 Å². The molecule has 0 spiro atoms. The third kappa shape index (κ3) is 4.67. The number of hydrogen-bond donors (Lipinski definition) is 1. The van der Waals surface area contributed by atoms with Crippen LogP contribution in [0.25, 0.3) is 0 Å². The number of benzene rings is 1.